The number of benzene rings is 1. The fourth-order valence-electron chi connectivity index (χ4n) is 3.51. The lowest BCUT2D eigenvalue weighted by molar-refractivity contribution is -0.121. The second kappa shape index (κ2) is 9.13. The Morgan fingerprint density at radius 3 is 2.80 bits per heavy atom. The number of carbonyl (C=O) groups excluding carboxylic acids is 1. The van der Waals surface area contributed by atoms with Crippen molar-refractivity contribution in [1.82, 2.24) is 19.6 Å². The Bertz CT molecular complexity index is 1000. The number of nitrogens with one attached hydrogen (secondary N) is 2. The Labute approximate surface area is 176 Å². The Balaban J connectivity index is 1.50. The van der Waals surface area contributed by atoms with Gasteiger partial charge in [-0.2, -0.15) is 0 Å². The molecule has 30 heavy (non-hydrogen) atoms. The van der Waals surface area contributed by atoms with Gasteiger partial charge in [0.25, 0.3) is 10.0 Å². The largest absolute Gasteiger partial charge is 0.367 e. The van der Waals surface area contributed by atoms with Crippen molar-refractivity contribution < 1.29 is 17.6 Å². The normalized spacial score (nSPS) is 17.2. The summed E-state index contributed by atoms with van der Waals surface area (Å²) in [5, 5.41) is 2.87. The van der Waals surface area contributed by atoms with Crippen molar-refractivity contribution >= 4 is 21.6 Å². The summed E-state index contributed by atoms with van der Waals surface area (Å²) >= 11 is 0. The molecule has 1 aromatic heterocycles. The molecule has 1 unspecified atom stereocenters. The summed E-state index contributed by atoms with van der Waals surface area (Å²) in [6.45, 7) is 4.86. The van der Waals surface area contributed by atoms with Crippen molar-refractivity contribution in [1.29, 1.82) is 0 Å². The minimum atomic E-state index is -3.76. The number of hydrogen-bond donors (Lipinski definition) is 2. The molecule has 0 aliphatic carbocycles. The number of hydrogen-bond acceptors (Lipinski definition) is 5. The van der Waals surface area contributed by atoms with Gasteiger partial charge in [0.05, 0.1) is 5.69 Å². The monoisotopic (exact) mass is 437 g/mol. The minimum absolute atomic E-state index is 0.0142. The van der Waals surface area contributed by atoms with E-state index in [1.165, 1.54) is 12.3 Å². The van der Waals surface area contributed by atoms with E-state index in [1.807, 2.05) is 17.9 Å². The molecule has 10 heteroatoms. The number of imidazole rings is 1. The first-order chi connectivity index (χ1) is 14.2. The Hall–Kier alpha value is -2.46. The van der Waals surface area contributed by atoms with Crippen LogP contribution in [0.25, 0.3) is 0 Å². The smallest absolute Gasteiger partial charge is 0.259 e. The minimum Gasteiger partial charge on any atom is -0.367 e. The van der Waals surface area contributed by atoms with Crippen LogP contribution in [0.15, 0.2) is 29.4 Å². The fourth-order valence-corrected chi connectivity index (χ4v) is 4.58. The standard InChI is InChI=1S/C20H28FN5O3S/c1-14-6-7-17(21)18(11-14)26-10-4-5-16(12-26)24-19(27)8-9-22-30(28,29)20-13-25(3)15(2)23-20/h6-7,11,13,16,22H,4-5,8-10,12H2,1-3H3,(H,24,27). The maximum absolute atomic E-state index is 14.2. The molecule has 0 spiro atoms. The molecule has 2 aromatic rings. The van der Waals surface area contributed by atoms with Crippen LogP contribution < -0.4 is 14.9 Å². The van der Waals surface area contributed by atoms with Gasteiger partial charge >= 0.3 is 0 Å². The van der Waals surface area contributed by atoms with E-state index in [9.17, 15) is 17.6 Å². The molecule has 1 fully saturated rings. The van der Waals surface area contributed by atoms with Crippen LogP contribution >= 0.6 is 0 Å². The lowest BCUT2D eigenvalue weighted by Gasteiger charge is -2.35. The summed E-state index contributed by atoms with van der Waals surface area (Å²) < 4.78 is 42.7. The van der Waals surface area contributed by atoms with Crippen LogP contribution in [0.5, 0.6) is 0 Å². The summed E-state index contributed by atoms with van der Waals surface area (Å²) in [4.78, 5) is 18.2. The molecule has 3 rings (SSSR count). The van der Waals surface area contributed by atoms with Gasteiger partial charge in [0, 0.05) is 45.3 Å². The SMILES string of the molecule is Cc1ccc(F)c(N2CCCC(NC(=O)CCNS(=O)(=O)c3cn(C)c(C)n3)C2)c1. The van der Waals surface area contributed by atoms with E-state index < -0.39 is 10.0 Å². The van der Waals surface area contributed by atoms with Gasteiger partial charge < -0.3 is 14.8 Å². The number of nitrogens with zero attached hydrogens (tertiary/aromatic N) is 3. The third-order valence-corrected chi connectivity index (χ3v) is 6.57. The molecule has 2 heterocycles. The molecular formula is C20H28FN5O3S. The number of piperidine rings is 1. The summed E-state index contributed by atoms with van der Waals surface area (Å²) in [7, 11) is -2.04. The van der Waals surface area contributed by atoms with Crippen LogP contribution in [0.3, 0.4) is 0 Å². The summed E-state index contributed by atoms with van der Waals surface area (Å²) in [5.74, 6) is 0.0678. The molecule has 1 aliphatic heterocycles. The highest BCUT2D eigenvalue weighted by Crippen LogP contribution is 2.24. The van der Waals surface area contributed by atoms with Gasteiger partial charge in [-0.3, -0.25) is 4.79 Å². The van der Waals surface area contributed by atoms with Crippen molar-refractivity contribution in [3.63, 3.8) is 0 Å². The van der Waals surface area contributed by atoms with E-state index >= 15 is 0 Å². The van der Waals surface area contributed by atoms with Gasteiger partial charge in [0.1, 0.15) is 11.6 Å². The molecule has 164 valence electrons. The van der Waals surface area contributed by atoms with Crippen molar-refractivity contribution in [3.8, 4) is 0 Å². The molecule has 0 radical (unpaired) electrons. The number of sulfonamides is 1. The maximum atomic E-state index is 14.2. The molecule has 1 saturated heterocycles. The lowest BCUT2D eigenvalue weighted by Crippen LogP contribution is -2.48. The van der Waals surface area contributed by atoms with E-state index in [4.69, 9.17) is 0 Å². The van der Waals surface area contributed by atoms with E-state index in [0.717, 1.165) is 24.9 Å². The van der Waals surface area contributed by atoms with Crippen LogP contribution in [0, 0.1) is 19.7 Å². The molecule has 8 nitrogen and oxygen atoms in total. The Kier molecular flexibility index (Phi) is 6.77. The van der Waals surface area contributed by atoms with E-state index in [-0.39, 0.29) is 35.8 Å². The summed E-state index contributed by atoms with van der Waals surface area (Å²) in [6, 6.07) is 4.90. The van der Waals surface area contributed by atoms with Gasteiger partial charge in [0.2, 0.25) is 5.91 Å². The van der Waals surface area contributed by atoms with Crippen molar-refractivity contribution in [2.75, 3.05) is 24.5 Å². The average molecular weight is 438 g/mol. The number of rotatable bonds is 7. The zero-order valence-electron chi connectivity index (χ0n) is 17.5. The lowest BCUT2D eigenvalue weighted by atomic mass is 10.0. The van der Waals surface area contributed by atoms with Gasteiger partial charge in [0.15, 0.2) is 5.03 Å². The molecule has 2 N–H and O–H groups in total. The van der Waals surface area contributed by atoms with E-state index in [2.05, 4.69) is 15.0 Å². The van der Waals surface area contributed by atoms with Crippen molar-refractivity contribution in [3.05, 3.63) is 41.6 Å². The van der Waals surface area contributed by atoms with Crippen LogP contribution in [-0.2, 0) is 21.9 Å². The molecule has 1 atom stereocenters. The van der Waals surface area contributed by atoms with Gasteiger partial charge in [-0.25, -0.2) is 22.5 Å². The number of halogens is 1. The highest BCUT2D eigenvalue weighted by Gasteiger charge is 2.24. The molecule has 0 bridgehead atoms. The highest BCUT2D eigenvalue weighted by molar-refractivity contribution is 7.89. The molecule has 1 amide bonds. The van der Waals surface area contributed by atoms with Crippen molar-refractivity contribution in [2.45, 2.75) is 44.2 Å². The second-order valence-electron chi connectivity index (χ2n) is 7.69. The molecule has 1 aromatic carbocycles. The van der Waals surface area contributed by atoms with Gasteiger partial charge in [-0.05, 0) is 44.4 Å². The summed E-state index contributed by atoms with van der Waals surface area (Å²) in [5.41, 5.74) is 1.53. The fraction of sp³-hybridized carbons (Fsp3) is 0.500. The molecular weight excluding hydrogens is 409 g/mol. The molecule has 0 saturated carbocycles. The van der Waals surface area contributed by atoms with Crippen LogP contribution in [-0.4, -0.2) is 49.6 Å². The molecule has 1 aliphatic rings. The first kappa shape index (κ1) is 22.2. The third-order valence-electron chi connectivity index (χ3n) is 5.23. The first-order valence-electron chi connectivity index (χ1n) is 9.96. The predicted octanol–water partition coefficient (Wildman–Crippen LogP) is 1.63. The second-order valence-corrected chi connectivity index (χ2v) is 9.41. The topological polar surface area (TPSA) is 96.3 Å². The number of amides is 1. The average Bonchev–Trinajstić information content (AvgIpc) is 3.03. The van der Waals surface area contributed by atoms with Gasteiger partial charge in [-0.15, -0.1) is 0 Å². The Morgan fingerprint density at radius 2 is 2.10 bits per heavy atom. The van der Waals surface area contributed by atoms with E-state index in [1.54, 1.807) is 24.6 Å². The quantitative estimate of drug-likeness (QED) is 0.686. The number of anilines is 1. The third kappa shape index (κ3) is 5.37. The predicted molar refractivity (Wildman–Crippen MR) is 112 cm³/mol. The highest BCUT2D eigenvalue weighted by atomic mass is 32.2. The number of carbonyl (C=O) groups is 1. The van der Waals surface area contributed by atoms with E-state index in [0.29, 0.717) is 18.1 Å². The van der Waals surface area contributed by atoms with Crippen LogP contribution in [0.4, 0.5) is 10.1 Å². The van der Waals surface area contributed by atoms with Crippen molar-refractivity contribution in [2.24, 2.45) is 7.05 Å². The zero-order valence-corrected chi connectivity index (χ0v) is 18.3. The maximum Gasteiger partial charge on any atom is 0.259 e. The Morgan fingerprint density at radius 1 is 1.33 bits per heavy atom. The van der Waals surface area contributed by atoms with Crippen LogP contribution in [0.1, 0.15) is 30.7 Å². The van der Waals surface area contributed by atoms with Gasteiger partial charge in [-0.1, -0.05) is 6.07 Å². The number of aromatic nitrogens is 2. The summed E-state index contributed by atoms with van der Waals surface area (Å²) in [6.07, 6.45) is 3.08. The number of aryl methyl sites for hydroxylation is 3. The van der Waals surface area contributed by atoms with Crippen LogP contribution in [0.2, 0.25) is 0 Å². The zero-order chi connectivity index (χ0) is 21.9. The first-order valence-corrected chi connectivity index (χ1v) is 11.4.